The number of para-hydroxylation sites is 1. The molecule has 0 aliphatic heterocycles. The first-order valence-electron chi connectivity index (χ1n) is 18.4. The van der Waals surface area contributed by atoms with Gasteiger partial charge in [0.2, 0.25) is 0 Å². The molecule has 0 amide bonds. The summed E-state index contributed by atoms with van der Waals surface area (Å²) in [6.07, 6.45) is 0. The number of fused-ring (bicyclic) bond motifs is 3. The largest absolute Gasteiger partial charge is 0.456 e. The van der Waals surface area contributed by atoms with Crippen molar-refractivity contribution in [2.24, 2.45) is 0 Å². The van der Waals surface area contributed by atoms with Crippen LogP contribution in [0.25, 0.3) is 77.2 Å². The molecule has 0 atom stereocenters. The SMILES string of the molecule is c1cc(-c2ccc(N(c3ccc(-c4ccc5ccccc5c4)cc3)c3ccc(-c4cccc5ccccc45)cc3)cc2)cc(-c2cc3ccccc3o2)c1. The van der Waals surface area contributed by atoms with Crippen LogP contribution in [-0.2, 0) is 0 Å². The Morgan fingerprint density at radius 2 is 0.815 bits per heavy atom. The van der Waals surface area contributed by atoms with Crippen LogP contribution in [-0.4, -0.2) is 0 Å². The average Bonchev–Trinajstić information content (AvgIpc) is 3.69. The van der Waals surface area contributed by atoms with Crippen molar-refractivity contribution in [2.45, 2.75) is 0 Å². The summed E-state index contributed by atoms with van der Waals surface area (Å²) >= 11 is 0. The van der Waals surface area contributed by atoms with Crippen molar-refractivity contribution in [2.75, 3.05) is 4.90 Å². The standard InChI is InChI=1S/C52H35NO/c1-2-11-41-33-43(20-19-36(41)9-1)38-23-29-47(30-24-38)53(48-31-25-40(26-32-48)50-17-8-13-39-10-3-5-16-49(39)50)46-27-21-37(22-28-46)42-14-7-15-44(34-42)52-35-45-12-4-6-18-51(45)54-52/h1-35H. The lowest BCUT2D eigenvalue weighted by Gasteiger charge is -2.26. The van der Waals surface area contributed by atoms with Gasteiger partial charge in [0.15, 0.2) is 0 Å². The van der Waals surface area contributed by atoms with Crippen LogP contribution < -0.4 is 4.90 Å². The molecular weight excluding hydrogens is 655 g/mol. The monoisotopic (exact) mass is 689 g/mol. The maximum absolute atomic E-state index is 6.20. The minimum atomic E-state index is 0.875. The lowest BCUT2D eigenvalue weighted by Crippen LogP contribution is -2.09. The van der Waals surface area contributed by atoms with E-state index in [0.717, 1.165) is 50.5 Å². The second-order valence-corrected chi connectivity index (χ2v) is 13.8. The minimum Gasteiger partial charge on any atom is -0.456 e. The first kappa shape index (κ1) is 31.6. The Bertz CT molecular complexity index is 2880. The molecule has 54 heavy (non-hydrogen) atoms. The van der Waals surface area contributed by atoms with Crippen molar-refractivity contribution in [3.8, 4) is 44.7 Å². The van der Waals surface area contributed by atoms with Gasteiger partial charge in [0, 0.05) is 28.0 Å². The topological polar surface area (TPSA) is 16.4 Å². The number of furan rings is 1. The molecule has 10 rings (SSSR count). The average molecular weight is 690 g/mol. The molecule has 9 aromatic carbocycles. The summed E-state index contributed by atoms with van der Waals surface area (Å²) in [5, 5.41) is 6.11. The van der Waals surface area contributed by atoms with E-state index in [2.05, 4.69) is 199 Å². The predicted octanol–water partition coefficient (Wildman–Crippen LogP) is 14.9. The van der Waals surface area contributed by atoms with Gasteiger partial charge in [0.05, 0.1) is 0 Å². The van der Waals surface area contributed by atoms with Crippen molar-refractivity contribution < 1.29 is 4.42 Å². The van der Waals surface area contributed by atoms with Gasteiger partial charge >= 0.3 is 0 Å². The fourth-order valence-electron chi connectivity index (χ4n) is 7.67. The third-order valence-electron chi connectivity index (χ3n) is 10.5. The highest BCUT2D eigenvalue weighted by Gasteiger charge is 2.15. The van der Waals surface area contributed by atoms with E-state index in [1.165, 1.54) is 43.8 Å². The van der Waals surface area contributed by atoms with E-state index >= 15 is 0 Å². The molecule has 2 nitrogen and oxygen atoms in total. The Morgan fingerprint density at radius 1 is 0.296 bits per heavy atom. The van der Waals surface area contributed by atoms with Crippen molar-refractivity contribution in [1.82, 2.24) is 0 Å². The molecule has 0 aliphatic rings. The Hall–Kier alpha value is -7.16. The lowest BCUT2D eigenvalue weighted by molar-refractivity contribution is 0.631. The summed E-state index contributed by atoms with van der Waals surface area (Å²) in [6.45, 7) is 0. The minimum absolute atomic E-state index is 0.875. The Kier molecular flexibility index (Phi) is 7.85. The number of anilines is 3. The zero-order valence-corrected chi connectivity index (χ0v) is 29.6. The molecule has 0 aliphatic carbocycles. The van der Waals surface area contributed by atoms with Gasteiger partial charge in [-0.25, -0.2) is 0 Å². The first-order chi connectivity index (χ1) is 26.7. The lowest BCUT2D eigenvalue weighted by atomic mass is 9.98. The van der Waals surface area contributed by atoms with Crippen LogP contribution in [0.4, 0.5) is 17.1 Å². The van der Waals surface area contributed by atoms with Crippen molar-refractivity contribution in [1.29, 1.82) is 0 Å². The van der Waals surface area contributed by atoms with Crippen LogP contribution >= 0.6 is 0 Å². The molecule has 2 heteroatoms. The van der Waals surface area contributed by atoms with E-state index in [4.69, 9.17) is 4.42 Å². The second kappa shape index (κ2) is 13.4. The van der Waals surface area contributed by atoms with Gasteiger partial charge in [-0.3, -0.25) is 0 Å². The van der Waals surface area contributed by atoms with Gasteiger partial charge in [-0.15, -0.1) is 0 Å². The number of hydrogen-bond acceptors (Lipinski definition) is 2. The highest BCUT2D eigenvalue weighted by Crippen LogP contribution is 2.39. The number of hydrogen-bond donors (Lipinski definition) is 0. The normalized spacial score (nSPS) is 11.3. The molecule has 10 aromatic rings. The fraction of sp³-hybridized carbons (Fsp3) is 0. The summed E-state index contributed by atoms with van der Waals surface area (Å²) in [4.78, 5) is 2.34. The zero-order valence-electron chi connectivity index (χ0n) is 29.6. The predicted molar refractivity (Wildman–Crippen MR) is 228 cm³/mol. The Morgan fingerprint density at radius 3 is 1.52 bits per heavy atom. The Labute approximate surface area is 314 Å². The fourth-order valence-corrected chi connectivity index (χ4v) is 7.67. The van der Waals surface area contributed by atoms with E-state index < -0.39 is 0 Å². The van der Waals surface area contributed by atoms with Crippen LogP contribution in [0.15, 0.2) is 217 Å². The zero-order chi connectivity index (χ0) is 35.8. The molecule has 0 unspecified atom stereocenters. The molecule has 0 N–H and O–H groups in total. The highest BCUT2D eigenvalue weighted by atomic mass is 16.3. The van der Waals surface area contributed by atoms with Crippen LogP contribution in [0.1, 0.15) is 0 Å². The molecule has 0 saturated carbocycles. The summed E-state index contributed by atoms with van der Waals surface area (Å²) in [6, 6.07) is 75.9. The van der Waals surface area contributed by atoms with Crippen molar-refractivity contribution >= 4 is 49.6 Å². The van der Waals surface area contributed by atoms with E-state index in [0.29, 0.717) is 0 Å². The molecule has 1 aromatic heterocycles. The van der Waals surface area contributed by atoms with Gasteiger partial charge in [-0.2, -0.15) is 0 Å². The molecule has 1 heterocycles. The molecule has 0 saturated heterocycles. The highest BCUT2D eigenvalue weighted by molar-refractivity contribution is 5.97. The summed E-state index contributed by atoms with van der Waals surface area (Å²) < 4.78 is 6.20. The second-order valence-electron chi connectivity index (χ2n) is 13.8. The number of rotatable bonds is 7. The van der Waals surface area contributed by atoms with Gasteiger partial charge in [-0.1, -0.05) is 152 Å². The molecule has 254 valence electrons. The molecule has 0 spiro atoms. The first-order valence-corrected chi connectivity index (χ1v) is 18.4. The van der Waals surface area contributed by atoms with Gasteiger partial charge in [0.25, 0.3) is 0 Å². The summed E-state index contributed by atoms with van der Waals surface area (Å²) in [5.41, 5.74) is 12.4. The van der Waals surface area contributed by atoms with Crippen LogP contribution in [0, 0.1) is 0 Å². The van der Waals surface area contributed by atoms with Crippen molar-refractivity contribution in [3.05, 3.63) is 212 Å². The smallest absolute Gasteiger partial charge is 0.135 e. The van der Waals surface area contributed by atoms with Gasteiger partial charge in [0.1, 0.15) is 11.3 Å². The van der Waals surface area contributed by atoms with Crippen LogP contribution in [0.3, 0.4) is 0 Å². The maximum Gasteiger partial charge on any atom is 0.135 e. The number of benzene rings is 9. The van der Waals surface area contributed by atoms with E-state index in [-0.39, 0.29) is 0 Å². The molecule has 0 fully saturated rings. The van der Waals surface area contributed by atoms with Crippen LogP contribution in [0.2, 0.25) is 0 Å². The molecular formula is C52H35NO. The van der Waals surface area contributed by atoms with E-state index in [1.54, 1.807) is 0 Å². The van der Waals surface area contributed by atoms with Crippen molar-refractivity contribution in [3.63, 3.8) is 0 Å². The van der Waals surface area contributed by atoms with Crippen LogP contribution in [0.5, 0.6) is 0 Å². The number of nitrogens with zero attached hydrogens (tertiary/aromatic N) is 1. The molecule has 0 bridgehead atoms. The Balaban J connectivity index is 1.01. The molecule has 0 radical (unpaired) electrons. The quantitative estimate of drug-likeness (QED) is 0.166. The van der Waals surface area contributed by atoms with Gasteiger partial charge in [-0.05, 0) is 116 Å². The summed E-state index contributed by atoms with van der Waals surface area (Å²) in [7, 11) is 0. The summed E-state index contributed by atoms with van der Waals surface area (Å²) in [5.74, 6) is 0.875. The van der Waals surface area contributed by atoms with E-state index in [9.17, 15) is 0 Å². The maximum atomic E-state index is 6.20. The van der Waals surface area contributed by atoms with E-state index in [1.807, 2.05) is 18.2 Å². The third-order valence-corrected chi connectivity index (χ3v) is 10.5. The van der Waals surface area contributed by atoms with Gasteiger partial charge < -0.3 is 9.32 Å². The third kappa shape index (κ3) is 5.90.